The molecule has 24 heavy (non-hydrogen) atoms. The molecule has 0 atom stereocenters. The van der Waals surface area contributed by atoms with Gasteiger partial charge in [-0.05, 0) is 43.2 Å². The molecule has 0 aliphatic rings. The number of nitrogens with zero attached hydrogens (tertiary/aromatic N) is 1. The molecule has 2 aromatic carbocycles. The summed E-state index contributed by atoms with van der Waals surface area (Å²) in [6, 6.07) is 14.2. The van der Waals surface area contributed by atoms with Gasteiger partial charge in [-0.2, -0.15) is 4.31 Å². The normalized spacial score (nSPS) is 11.7. The molecule has 0 aromatic heterocycles. The van der Waals surface area contributed by atoms with Crippen LogP contribution in [0, 0.1) is 6.92 Å². The third-order valence-electron chi connectivity index (χ3n) is 3.64. The summed E-state index contributed by atoms with van der Waals surface area (Å²) in [5.74, 6) is 0.674. The number of hydrogen-bond acceptors (Lipinski definition) is 4. The van der Waals surface area contributed by atoms with Crippen LogP contribution >= 0.6 is 0 Å². The fourth-order valence-corrected chi connectivity index (χ4v) is 3.94. The van der Waals surface area contributed by atoms with Gasteiger partial charge in [0.2, 0.25) is 10.0 Å². The molecule has 0 saturated carbocycles. The van der Waals surface area contributed by atoms with Crippen LogP contribution in [0.25, 0.3) is 0 Å². The zero-order valence-electron chi connectivity index (χ0n) is 14.0. The van der Waals surface area contributed by atoms with Gasteiger partial charge in [-0.25, -0.2) is 8.42 Å². The van der Waals surface area contributed by atoms with Crippen LogP contribution < -0.4 is 4.74 Å². The topological polar surface area (TPSA) is 66.8 Å². The molecule has 0 unspecified atom stereocenters. The molecule has 0 radical (unpaired) electrons. The van der Waals surface area contributed by atoms with E-state index in [1.165, 1.54) is 4.31 Å². The van der Waals surface area contributed by atoms with Crippen LogP contribution in [-0.4, -0.2) is 37.6 Å². The smallest absolute Gasteiger partial charge is 0.243 e. The maximum absolute atomic E-state index is 12.9. The first kappa shape index (κ1) is 18.4. The van der Waals surface area contributed by atoms with E-state index in [-0.39, 0.29) is 24.6 Å². The Balaban J connectivity index is 2.32. The van der Waals surface area contributed by atoms with Gasteiger partial charge in [0, 0.05) is 13.1 Å². The number of ether oxygens (including phenoxy) is 1. The summed E-state index contributed by atoms with van der Waals surface area (Å²) in [6.07, 6.45) is 0. The lowest BCUT2D eigenvalue weighted by molar-refractivity contribution is 0.251. The van der Waals surface area contributed by atoms with Gasteiger partial charge in [0.1, 0.15) is 5.75 Å². The van der Waals surface area contributed by atoms with Crippen molar-refractivity contribution in [2.45, 2.75) is 25.3 Å². The summed E-state index contributed by atoms with van der Waals surface area (Å²) < 4.78 is 32.6. The monoisotopic (exact) mass is 349 g/mol. The summed E-state index contributed by atoms with van der Waals surface area (Å²) in [7, 11) is -3.70. The van der Waals surface area contributed by atoms with E-state index in [1.54, 1.807) is 18.2 Å². The molecule has 0 spiro atoms. The van der Waals surface area contributed by atoms with Gasteiger partial charge in [-0.1, -0.05) is 30.3 Å². The van der Waals surface area contributed by atoms with Gasteiger partial charge in [0.15, 0.2) is 0 Å². The highest BCUT2D eigenvalue weighted by molar-refractivity contribution is 7.89. The minimum Gasteiger partial charge on any atom is -0.494 e. The van der Waals surface area contributed by atoms with Crippen molar-refractivity contribution in [3.05, 3.63) is 59.7 Å². The minimum atomic E-state index is -3.70. The van der Waals surface area contributed by atoms with Crippen molar-refractivity contribution in [3.63, 3.8) is 0 Å². The SMILES string of the molecule is CCOc1ccc(S(=O)(=O)N(CCO)Cc2ccccc2)cc1C. The van der Waals surface area contributed by atoms with Crippen LogP contribution in [0.1, 0.15) is 18.1 Å². The number of aryl methyl sites for hydroxylation is 1. The average Bonchev–Trinajstić information content (AvgIpc) is 2.57. The molecule has 5 nitrogen and oxygen atoms in total. The van der Waals surface area contributed by atoms with E-state index < -0.39 is 10.0 Å². The molecule has 130 valence electrons. The Hall–Kier alpha value is -1.89. The molecule has 0 bridgehead atoms. The molecular formula is C18H23NO4S. The number of sulfonamides is 1. The second-order valence-electron chi connectivity index (χ2n) is 5.41. The Morgan fingerprint density at radius 1 is 1.12 bits per heavy atom. The molecule has 0 aliphatic heterocycles. The third kappa shape index (κ3) is 4.35. The van der Waals surface area contributed by atoms with Crippen molar-refractivity contribution in [1.29, 1.82) is 0 Å². The highest BCUT2D eigenvalue weighted by Crippen LogP contribution is 2.25. The molecule has 6 heteroatoms. The van der Waals surface area contributed by atoms with Crippen LogP contribution in [0.15, 0.2) is 53.4 Å². The van der Waals surface area contributed by atoms with E-state index in [0.29, 0.717) is 12.4 Å². The first-order chi connectivity index (χ1) is 11.5. The van der Waals surface area contributed by atoms with Crippen molar-refractivity contribution < 1.29 is 18.3 Å². The van der Waals surface area contributed by atoms with Gasteiger partial charge in [0.25, 0.3) is 0 Å². The number of aliphatic hydroxyl groups is 1. The van der Waals surface area contributed by atoms with E-state index in [9.17, 15) is 13.5 Å². The van der Waals surface area contributed by atoms with E-state index in [1.807, 2.05) is 44.2 Å². The standard InChI is InChI=1S/C18H23NO4S/c1-3-23-18-10-9-17(13-15(18)2)24(21,22)19(11-12-20)14-16-7-5-4-6-8-16/h4-10,13,20H,3,11-12,14H2,1-2H3. The van der Waals surface area contributed by atoms with Gasteiger partial charge in [0.05, 0.1) is 18.1 Å². The minimum absolute atomic E-state index is 0.0451. The molecular weight excluding hydrogens is 326 g/mol. The van der Waals surface area contributed by atoms with Crippen LogP contribution in [0.4, 0.5) is 0 Å². The van der Waals surface area contributed by atoms with Crippen LogP contribution in [0.5, 0.6) is 5.75 Å². The Bertz CT molecular complexity index is 760. The number of rotatable bonds is 8. The fourth-order valence-electron chi connectivity index (χ4n) is 2.43. The highest BCUT2D eigenvalue weighted by Gasteiger charge is 2.24. The quantitative estimate of drug-likeness (QED) is 0.795. The Morgan fingerprint density at radius 3 is 2.42 bits per heavy atom. The van der Waals surface area contributed by atoms with Crippen LogP contribution in [0.3, 0.4) is 0 Å². The third-order valence-corrected chi connectivity index (χ3v) is 5.48. The van der Waals surface area contributed by atoms with Gasteiger partial charge < -0.3 is 9.84 Å². The maximum atomic E-state index is 12.9. The van der Waals surface area contributed by atoms with Crippen molar-refractivity contribution in [2.75, 3.05) is 19.8 Å². The summed E-state index contributed by atoms with van der Waals surface area (Å²) in [5.41, 5.74) is 1.64. The number of hydrogen-bond donors (Lipinski definition) is 1. The predicted molar refractivity (Wildman–Crippen MR) is 93.5 cm³/mol. The average molecular weight is 349 g/mol. The van der Waals surface area contributed by atoms with Crippen LogP contribution in [-0.2, 0) is 16.6 Å². The molecule has 2 rings (SSSR count). The van der Waals surface area contributed by atoms with Crippen LogP contribution in [0.2, 0.25) is 0 Å². The Morgan fingerprint density at radius 2 is 1.83 bits per heavy atom. The van der Waals surface area contributed by atoms with Crippen molar-refractivity contribution in [2.24, 2.45) is 0 Å². The van der Waals surface area contributed by atoms with Gasteiger partial charge in [-0.15, -0.1) is 0 Å². The zero-order chi connectivity index (χ0) is 17.6. The molecule has 0 heterocycles. The van der Waals surface area contributed by atoms with Crippen molar-refractivity contribution >= 4 is 10.0 Å². The second-order valence-corrected chi connectivity index (χ2v) is 7.35. The first-order valence-electron chi connectivity index (χ1n) is 7.87. The van der Waals surface area contributed by atoms with Gasteiger partial charge in [-0.3, -0.25) is 0 Å². The molecule has 0 saturated heterocycles. The largest absolute Gasteiger partial charge is 0.494 e. The van der Waals surface area contributed by atoms with E-state index in [4.69, 9.17) is 4.74 Å². The lowest BCUT2D eigenvalue weighted by Crippen LogP contribution is -2.33. The van der Waals surface area contributed by atoms with E-state index >= 15 is 0 Å². The lowest BCUT2D eigenvalue weighted by Gasteiger charge is -2.22. The Kier molecular flexibility index (Phi) is 6.36. The summed E-state index contributed by atoms with van der Waals surface area (Å²) in [5, 5.41) is 9.27. The van der Waals surface area contributed by atoms with Crippen molar-refractivity contribution in [3.8, 4) is 5.75 Å². The maximum Gasteiger partial charge on any atom is 0.243 e. The summed E-state index contributed by atoms with van der Waals surface area (Å²) in [6.45, 7) is 4.25. The molecule has 0 fully saturated rings. The summed E-state index contributed by atoms with van der Waals surface area (Å²) in [4.78, 5) is 0.202. The molecule has 2 aromatic rings. The Labute approximate surface area is 143 Å². The molecule has 1 N–H and O–H groups in total. The van der Waals surface area contributed by atoms with Gasteiger partial charge >= 0.3 is 0 Å². The lowest BCUT2D eigenvalue weighted by atomic mass is 10.2. The van der Waals surface area contributed by atoms with Crippen molar-refractivity contribution in [1.82, 2.24) is 4.31 Å². The van der Waals surface area contributed by atoms with E-state index in [2.05, 4.69) is 0 Å². The summed E-state index contributed by atoms with van der Waals surface area (Å²) >= 11 is 0. The molecule has 0 aliphatic carbocycles. The number of benzene rings is 2. The fraction of sp³-hybridized carbons (Fsp3) is 0.333. The molecule has 0 amide bonds. The first-order valence-corrected chi connectivity index (χ1v) is 9.31. The second kappa shape index (κ2) is 8.28. The highest BCUT2D eigenvalue weighted by atomic mass is 32.2. The zero-order valence-corrected chi connectivity index (χ0v) is 14.8. The number of aliphatic hydroxyl groups excluding tert-OH is 1. The predicted octanol–water partition coefficient (Wildman–Crippen LogP) is 2.58. The van der Waals surface area contributed by atoms with E-state index in [0.717, 1.165) is 11.1 Å².